The van der Waals surface area contributed by atoms with Crippen LogP contribution in [0, 0.1) is 0 Å². The molecule has 20 heavy (non-hydrogen) atoms. The highest BCUT2D eigenvalue weighted by Gasteiger charge is 2.26. The second-order valence-electron chi connectivity index (χ2n) is 5.12. The van der Waals surface area contributed by atoms with Crippen LogP contribution < -0.4 is 14.8 Å². The molecule has 112 valence electrons. The van der Waals surface area contributed by atoms with Crippen LogP contribution in [-0.4, -0.2) is 33.4 Å². The van der Waals surface area contributed by atoms with Crippen molar-refractivity contribution in [1.82, 2.24) is 5.32 Å². The Morgan fingerprint density at radius 2 is 2.15 bits per heavy atom. The van der Waals surface area contributed by atoms with Crippen molar-refractivity contribution >= 4 is 0 Å². The van der Waals surface area contributed by atoms with E-state index in [1.54, 1.807) is 14.2 Å². The summed E-state index contributed by atoms with van der Waals surface area (Å²) in [4.78, 5) is 0. The van der Waals surface area contributed by atoms with Crippen LogP contribution in [0.1, 0.15) is 37.9 Å². The molecule has 1 N–H and O–H groups in total. The SMILES string of the molecule is CCCNC1CCOC(c2cccc(OC)c2OC)C1. The molecule has 2 atom stereocenters. The molecule has 2 unspecified atom stereocenters. The predicted octanol–water partition coefficient (Wildman–Crippen LogP) is 2.92. The summed E-state index contributed by atoms with van der Waals surface area (Å²) in [5.41, 5.74) is 1.08. The number of nitrogens with one attached hydrogen (secondary N) is 1. The summed E-state index contributed by atoms with van der Waals surface area (Å²) in [6.45, 7) is 4.04. The van der Waals surface area contributed by atoms with Crippen LogP contribution in [0.15, 0.2) is 18.2 Å². The van der Waals surface area contributed by atoms with Gasteiger partial charge in [-0.15, -0.1) is 0 Å². The second-order valence-corrected chi connectivity index (χ2v) is 5.12. The van der Waals surface area contributed by atoms with Crippen LogP contribution in [0.5, 0.6) is 11.5 Å². The van der Waals surface area contributed by atoms with Gasteiger partial charge in [0, 0.05) is 18.2 Å². The first-order valence-electron chi connectivity index (χ1n) is 7.36. The highest BCUT2D eigenvalue weighted by molar-refractivity contribution is 5.47. The quantitative estimate of drug-likeness (QED) is 0.869. The van der Waals surface area contributed by atoms with Crippen molar-refractivity contribution < 1.29 is 14.2 Å². The summed E-state index contributed by atoms with van der Waals surface area (Å²) < 4.78 is 16.8. The summed E-state index contributed by atoms with van der Waals surface area (Å²) in [7, 11) is 3.34. The van der Waals surface area contributed by atoms with E-state index >= 15 is 0 Å². The first-order valence-corrected chi connectivity index (χ1v) is 7.36. The molecule has 1 aliphatic rings. The lowest BCUT2D eigenvalue weighted by molar-refractivity contribution is -0.00102. The Bertz CT molecular complexity index is 422. The fraction of sp³-hybridized carbons (Fsp3) is 0.625. The molecule has 2 rings (SSSR count). The number of ether oxygens (including phenoxy) is 3. The van der Waals surface area contributed by atoms with E-state index in [4.69, 9.17) is 14.2 Å². The van der Waals surface area contributed by atoms with E-state index in [1.165, 1.54) is 0 Å². The van der Waals surface area contributed by atoms with Gasteiger partial charge in [-0.25, -0.2) is 0 Å². The van der Waals surface area contributed by atoms with E-state index in [-0.39, 0.29) is 6.10 Å². The third-order valence-corrected chi connectivity index (χ3v) is 3.75. The van der Waals surface area contributed by atoms with Crippen LogP contribution in [0.2, 0.25) is 0 Å². The lowest BCUT2D eigenvalue weighted by Crippen LogP contribution is -2.36. The summed E-state index contributed by atoms with van der Waals surface area (Å²) in [6, 6.07) is 6.49. The molecule has 0 aliphatic carbocycles. The molecule has 0 bridgehead atoms. The van der Waals surface area contributed by atoms with Gasteiger partial charge in [0.15, 0.2) is 11.5 Å². The summed E-state index contributed by atoms with van der Waals surface area (Å²) >= 11 is 0. The molecule has 1 fully saturated rings. The first kappa shape index (κ1) is 15.1. The van der Waals surface area contributed by atoms with Crippen LogP contribution in [0.4, 0.5) is 0 Å². The van der Waals surface area contributed by atoms with Gasteiger partial charge in [0.25, 0.3) is 0 Å². The Hall–Kier alpha value is -1.26. The van der Waals surface area contributed by atoms with Gasteiger partial charge in [0.05, 0.1) is 20.3 Å². The minimum atomic E-state index is 0.0724. The standard InChI is InChI=1S/C16H25NO3/c1-4-9-17-12-8-10-20-15(11-12)13-6-5-7-14(18-2)16(13)19-3/h5-7,12,15,17H,4,8-11H2,1-3H3. The van der Waals surface area contributed by atoms with Gasteiger partial charge in [-0.3, -0.25) is 0 Å². The van der Waals surface area contributed by atoms with Crippen molar-refractivity contribution in [3.8, 4) is 11.5 Å². The number of hydrogen-bond donors (Lipinski definition) is 1. The van der Waals surface area contributed by atoms with Crippen molar-refractivity contribution in [2.75, 3.05) is 27.4 Å². The van der Waals surface area contributed by atoms with Gasteiger partial charge in [-0.1, -0.05) is 19.1 Å². The van der Waals surface area contributed by atoms with Crippen LogP contribution in [-0.2, 0) is 4.74 Å². The van der Waals surface area contributed by atoms with Crippen molar-refractivity contribution in [1.29, 1.82) is 0 Å². The van der Waals surface area contributed by atoms with E-state index < -0.39 is 0 Å². The zero-order valence-electron chi connectivity index (χ0n) is 12.6. The third kappa shape index (κ3) is 3.44. The van der Waals surface area contributed by atoms with Crippen molar-refractivity contribution in [3.05, 3.63) is 23.8 Å². The average molecular weight is 279 g/mol. The van der Waals surface area contributed by atoms with Crippen LogP contribution in [0.3, 0.4) is 0 Å². The minimum Gasteiger partial charge on any atom is -0.493 e. The average Bonchev–Trinajstić information content (AvgIpc) is 2.52. The molecule has 1 aromatic carbocycles. The van der Waals surface area contributed by atoms with Crippen molar-refractivity contribution in [2.45, 2.75) is 38.3 Å². The smallest absolute Gasteiger partial charge is 0.166 e. The maximum absolute atomic E-state index is 5.94. The number of rotatable bonds is 6. The number of methoxy groups -OCH3 is 2. The Kier molecular flexibility index (Phi) is 5.68. The molecule has 0 radical (unpaired) electrons. The lowest BCUT2D eigenvalue weighted by atomic mass is 9.96. The van der Waals surface area contributed by atoms with Crippen LogP contribution >= 0.6 is 0 Å². The van der Waals surface area contributed by atoms with Gasteiger partial charge in [-0.05, 0) is 31.9 Å². The molecule has 0 spiro atoms. The lowest BCUT2D eigenvalue weighted by Gasteiger charge is -2.31. The van der Waals surface area contributed by atoms with Gasteiger partial charge in [-0.2, -0.15) is 0 Å². The Labute approximate surface area is 121 Å². The Balaban J connectivity index is 2.14. The van der Waals surface area contributed by atoms with Crippen molar-refractivity contribution in [2.24, 2.45) is 0 Å². The number of para-hydroxylation sites is 1. The van der Waals surface area contributed by atoms with Gasteiger partial charge in [0.1, 0.15) is 0 Å². The number of benzene rings is 1. The normalized spacial score (nSPS) is 22.6. The maximum atomic E-state index is 5.94. The second kappa shape index (κ2) is 7.50. The maximum Gasteiger partial charge on any atom is 0.166 e. The fourth-order valence-corrected chi connectivity index (χ4v) is 2.71. The van der Waals surface area contributed by atoms with Crippen LogP contribution in [0.25, 0.3) is 0 Å². The largest absolute Gasteiger partial charge is 0.493 e. The predicted molar refractivity (Wildman–Crippen MR) is 79.6 cm³/mol. The van der Waals surface area contributed by atoms with E-state index in [0.29, 0.717) is 6.04 Å². The first-order chi connectivity index (χ1) is 9.80. The van der Waals surface area contributed by atoms with Crippen molar-refractivity contribution in [3.63, 3.8) is 0 Å². The molecule has 0 amide bonds. The minimum absolute atomic E-state index is 0.0724. The van der Waals surface area contributed by atoms with E-state index in [2.05, 4.69) is 18.3 Å². The Morgan fingerprint density at radius 3 is 2.85 bits per heavy atom. The topological polar surface area (TPSA) is 39.7 Å². The molecule has 4 nitrogen and oxygen atoms in total. The molecule has 1 aromatic rings. The summed E-state index contributed by atoms with van der Waals surface area (Å²) in [5.74, 6) is 1.55. The summed E-state index contributed by atoms with van der Waals surface area (Å²) in [5, 5.41) is 3.59. The molecule has 1 aliphatic heterocycles. The molecule has 4 heteroatoms. The highest BCUT2D eigenvalue weighted by Crippen LogP contribution is 2.39. The molecule has 0 aromatic heterocycles. The molecular formula is C16H25NO3. The van der Waals surface area contributed by atoms with E-state index in [9.17, 15) is 0 Å². The Morgan fingerprint density at radius 1 is 1.30 bits per heavy atom. The van der Waals surface area contributed by atoms with Gasteiger partial charge >= 0.3 is 0 Å². The monoisotopic (exact) mass is 279 g/mol. The number of hydrogen-bond acceptors (Lipinski definition) is 4. The summed E-state index contributed by atoms with van der Waals surface area (Å²) in [6.07, 6.45) is 3.28. The van der Waals surface area contributed by atoms with Gasteiger partial charge < -0.3 is 19.5 Å². The zero-order chi connectivity index (χ0) is 14.4. The highest BCUT2D eigenvalue weighted by atomic mass is 16.5. The van der Waals surface area contributed by atoms with Gasteiger partial charge in [0.2, 0.25) is 0 Å². The van der Waals surface area contributed by atoms with E-state index in [0.717, 1.165) is 49.5 Å². The molecule has 0 saturated carbocycles. The third-order valence-electron chi connectivity index (χ3n) is 3.75. The zero-order valence-corrected chi connectivity index (χ0v) is 12.6. The molecule has 1 saturated heterocycles. The molecular weight excluding hydrogens is 254 g/mol. The fourth-order valence-electron chi connectivity index (χ4n) is 2.71. The van der Waals surface area contributed by atoms with E-state index in [1.807, 2.05) is 12.1 Å². The molecule has 1 heterocycles.